The van der Waals surface area contributed by atoms with Crippen LogP contribution in [0, 0.1) is 5.92 Å². The van der Waals surface area contributed by atoms with Crippen LogP contribution in [0.2, 0.25) is 18.1 Å². The van der Waals surface area contributed by atoms with Gasteiger partial charge in [-0.15, -0.1) is 0 Å². The monoisotopic (exact) mass is 333 g/mol. The third kappa shape index (κ3) is 5.37. The van der Waals surface area contributed by atoms with Crippen molar-refractivity contribution in [2.75, 3.05) is 13.7 Å². The Balaban J connectivity index is 5.28. The van der Waals surface area contributed by atoms with Gasteiger partial charge in [0.05, 0.1) is 19.8 Å². The van der Waals surface area contributed by atoms with Gasteiger partial charge in [-0.25, -0.2) is 0 Å². The molecule has 0 amide bonds. The zero-order chi connectivity index (χ0) is 17.7. The fraction of sp³-hybridized carbons (Fsp3) is 0.867. The Morgan fingerprint density at radius 2 is 1.68 bits per heavy atom. The Bertz CT molecular complexity index is 392. The summed E-state index contributed by atoms with van der Waals surface area (Å²) in [4.78, 5) is 23.9. The van der Waals surface area contributed by atoms with Crippen LogP contribution in [-0.2, 0) is 23.5 Å². The van der Waals surface area contributed by atoms with Crippen LogP contribution in [0.15, 0.2) is 0 Å². The summed E-state index contributed by atoms with van der Waals surface area (Å²) in [7, 11) is -0.834. The Hall–Kier alpha value is -0.923. The third-order valence-corrected chi connectivity index (χ3v) is 8.78. The zero-order valence-electron chi connectivity index (χ0n) is 15.1. The smallest absolute Gasteiger partial charge is 0.323 e. The number of hydrogen-bond acceptors (Lipinski definition) is 6. The lowest BCUT2D eigenvalue weighted by Gasteiger charge is -2.40. The van der Waals surface area contributed by atoms with E-state index in [4.69, 9.17) is 19.6 Å². The molecule has 6 nitrogen and oxygen atoms in total. The minimum atomic E-state index is -2.10. The zero-order valence-corrected chi connectivity index (χ0v) is 16.1. The number of hydrogen-bond donors (Lipinski definition) is 1. The second-order valence-electron chi connectivity index (χ2n) is 6.91. The Morgan fingerprint density at radius 1 is 1.18 bits per heavy atom. The van der Waals surface area contributed by atoms with Gasteiger partial charge in [-0.1, -0.05) is 20.8 Å². The second kappa shape index (κ2) is 8.08. The number of esters is 2. The van der Waals surface area contributed by atoms with Crippen LogP contribution in [0.4, 0.5) is 0 Å². The topological polar surface area (TPSA) is 87.9 Å². The van der Waals surface area contributed by atoms with E-state index in [9.17, 15) is 9.59 Å². The highest BCUT2D eigenvalue weighted by molar-refractivity contribution is 6.74. The van der Waals surface area contributed by atoms with E-state index >= 15 is 0 Å². The van der Waals surface area contributed by atoms with E-state index in [2.05, 4.69) is 33.9 Å². The van der Waals surface area contributed by atoms with E-state index in [-0.39, 0.29) is 11.6 Å². The maximum atomic E-state index is 12.1. The molecule has 130 valence electrons. The molecule has 0 aliphatic heterocycles. The van der Waals surface area contributed by atoms with E-state index in [0.29, 0.717) is 0 Å². The van der Waals surface area contributed by atoms with E-state index in [1.807, 2.05) is 0 Å². The molecule has 3 atom stereocenters. The molecular formula is C15H31NO5Si. The molecule has 0 fully saturated rings. The minimum absolute atomic E-state index is 0.0179. The Kier molecular flexibility index (Phi) is 7.74. The molecule has 0 saturated heterocycles. The van der Waals surface area contributed by atoms with Gasteiger partial charge in [-0.05, 0) is 32.0 Å². The number of methoxy groups -OCH3 is 1. The largest absolute Gasteiger partial charge is 0.469 e. The highest BCUT2D eigenvalue weighted by atomic mass is 28.4. The van der Waals surface area contributed by atoms with Crippen molar-refractivity contribution in [1.82, 2.24) is 0 Å². The second-order valence-corrected chi connectivity index (χ2v) is 11.7. The molecule has 22 heavy (non-hydrogen) atoms. The SMILES string of the molecule is CCOC(=O)[C@@H](N)[C@H](C(=O)OC)[C@H](C)O[Si](C)(C)C(C)(C)C. The molecule has 0 rings (SSSR count). The van der Waals surface area contributed by atoms with Gasteiger partial charge in [0.25, 0.3) is 0 Å². The molecular weight excluding hydrogens is 302 g/mol. The van der Waals surface area contributed by atoms with Crippen molar-refractivity contribution < 1.29 is 23.5 Å². The lowest BCUT2D eigenvalue weighted by atomic mass is 9.95. The van der Waals surface area contributed by atoms with Crippen LogP contribution in [-0.4, -0.2) is 46.1 Å². The average molecular weight is 334 g/mol. The van der Waals surface area contributed by atoms with E-state index in [1.165, 1.54) is 7.11 Å². The number of rotatable bonds is 7. The van der Waals surface area contributed by atoms with Crippen molar-refractivity contribution in [2.24, 2.45) is 11.7 Å². The molecule has 7 heteroatoms. The van der Waals surface area contributed by atoms with Crippen LogP contribution in [0.25, 0.3) is 0 Å². The lowest BCUT2D eigenvalue weighted by molar-refractivity contribution is -0.158. The van der Waals surface area contributed by atoms with Gasteiger partial charge in [-0.3, -0.25) is 9.59 Å². The predicted molar refractivity (Wildman–Crippen MR) is 87.9 cm³/mol. The molecule has 0 bridgehead atoms. The number of carbonyl (C=O) groups excluding carboxylic acids is 2. The molecule has 0 aliphatic rings. The third-order valence-electron chi connectivity index (χ3n) is 4.21. The average Bonchev–Trinajstić information content (AvgIpc) is 2.36. The summed E-state index contributed by atoms with van der Waals surface area (Å²) in [6.45, 7) is 14.1. The number of carbonyl (C=O) groups is 2. The minimum Gasteiger partial charge on any atom is -0.469 e. The van der Waals surface area contributed by atoms with Gasteiger partial charge in [0.15, 0.2) is 8.32 Å². The molecule has 0 aromatic heterocycles. The highest BCUT2D eigenvalue weighted by Crippen LogP contribution is 2.38. The summed E-state index contributed by atoms with van der Waals surface area (Å²) < 4.78 is 15.9. The summed E-state index contributed by atoms with van der Waals surface area (Å²) in [5.41, 5.74) is 5.91. The lowest BCUT2D eigenvalue weighted by Crippen LogP contribution is -2.53. The first-order chi connectivity index (χ1) is 9.89. The van der Waals surface area contributed by atoms with Crippen molar-refractivity contribution >= 4 is 20.3 Å². The standard InChI is InChI=1S/C15H31NO5Si/c1-9-20-14(18)12(16)11(13(17)19-6)10(2)21-22(7,8)15(3,4)5/h10-12H,9,16H2,1-8H3/t10-,11+,12-/m0/s1. The summed E-state index contributed by atoms with van der Waals surface area (Å²) >= 11 is 0. The first-order valence-corrected chi connectivity index (χ1v) is 10.5. The normalized spacial score (nSPS) is 16.6. The molecule has 0 radical (unpaired) electrons. The molecule has 0 aromatic rings. The maximum Gasteiger partial charge on any atom is 0.323 e. The van der Waals surface area contributed by atoms with E-state index in [1.54, 1.807) is 13.8 Å². The van der Waals surface area contributed by atoms with Crippen LogP contribution in [0.1, 0.15) is 34.6 Å². The molecule has 0 unspecified atom stereocenters. The summed E-state index contributed by atoms with van der Waals surface area (Å²) in [5.74, 6) is -2.08. The first-order valence-electron chi connectivity index (χ1n) is 7.57. The summed E-state index contributed by atoms with van der Waals surface area (Å²) in [5, 5.41) is -0.0179. The van der Waals surface area contributed by atoms with Crippen molar-refractivity contribution in [1.29, 1.82) is 0 Å². The van der Waals surface area contributed by atoms with Gasteiger partial charge in [0, 0.05) is 0 Å². The number of ether oxygens (including phenoxy) is 2. The molecule has 2 N–H and O–H groups in total. The van der Waals surface area contributed by atoms with Gasteiger partial charge >= 0.3 is 11.9 Å². The molecule has 0 heterocycles. The van der Waals surface area contributed by atoms with Crippen molar-refractivity contribution in [3.05, 3.63) is 0 Å². The van der Waals surface area contributed by atoms with Crippen LogP contribution < -0.4 is 5.73 Å². The van der Waals surface area contributed by atoms with Gasteiger partial charge in [0.2, 0.25) is 0 Å². The highest BCUT2D eigenvalue weighted by Gasteiger charge is 2.44. The van der Waals surface area contributed by atoms with Gasteiger partial charge in [0.1, 0.15) is 12.0 Å². The van der Waals surface area contributed by atoms with Gasteiger partial charge < -0.3 is 19.6 Å². The van der Waals surface area contributed by atoms with Crippen LogP contribution >= 0.6 is 0 Å². The maximum absolute atomic E-state index is 12.1. The Labute approximate surface area is 134 Å². The summed E-state index contributed by atoms with van der Waals surface area (Å²) in [6, 6.07) is -1.10. The van der Waals surface area contributed by atoms with Crippen LogP contribution in [0.3, 0.4) is 0 Å². The van der Waals surface area contributed by atoms with Crippen molar-refractivity contribution in [3.63, 3.8) is 0 Å². The van der Waals surface area contributed by atoms with Crippen molar-refractivity contribution in [3.8, 4) is 0 Å². The quantitative estimate of drug-likeness (QED) is 0.567. The molecule has 0 saturated carbocycles. The fourth-order valence-electron chi connectivity index (χ4n) is 1.87. The molecule has 0 spiro atoms. The fourth-order valence-corrected chi connectivity index (χ4v) is 3.30. The van der Waals surface area contributed by atoms with Gasteiger partial charge in [-0.2, -0.15) is 0 Å². The van der Waals surface area contributed by atoms with Crippen molar-refractivity contribution in [2.45, 2.75) is 64.9 Å². The first kappa shape index (κ1) is 21.1. The van der Waals surface area contributed by atoms with Crippen LogP contribution in [0.5, 0.6) is 0 Å². The Morgan fingerprint density at radius 3 is 2.05 bits per heavy atom. The molecule has 0 aliphatic carbocycles. The molecule has 0 aromatic carbocycles. The van der Waals surface area contributed by atoms with E-state index in [0.717, 1.165) is 0 Å². The predicted octanol–water partition coefficient (Wildman–Crippen LogP) is 2.08. The summed E-state index contributed by atoms with van der Waals surface area (Å²) in [6.07, 6.45) is -0.534. The number of nitrogens with two attached hydrogens (primary N) is 1. The van der Waals surface area contributed by atoms with E-state index < -0.39 is 38.3 Å².